The fourth-order valence-electron chi connectivity index (χ4n) is 1.91. The van der Waals surface area contributed by atoms with E-state index in [1.807, 2.05) is 6.08 Å². The molecule has 0 fully saturated rings. The molecule has 1 aliphatic carbocycles. The highest BCUT2D eigenvalue weighted by Gasteiger charge is 2.19. The number of allylic oxidation sites excluding steroid dienone is 2. The molecule has 84 valence electrons. The van der Waals surface area contributed by atoms with E-state index in [0.29, 0.717) is 16.3 Å². The predicted octanol–water partition coefficient (Wildman–Crippen LogP) is 3.64. The van der Waals surface area contributed by atoms with Crippen LogP contribution in [0.15, 0.2) is 29.8 Å². The van der Waals surface area contributed by atoms with E-state index in [1.54, 1.807) is 25.3 Å². The van der Waals surface area contributed by atoms with Crippen LogP contribution < -0.4 is 4.74 Å². The lowest BCUT2D eigenvalue weighted by atomic mass is 10.0. The molecule has 0 unspecified atom stereocenters. The fourth-order valence-corrected chi connectivity index (χ4v) is 2.08. The minimum Gasteiger partial charge on any atom is -0.496 e. The van der Waals surface area contributed by atoms with E-state index in [0.717, 1.165) is 24.8 Å². The van der Waals surface area contributed by atoms with Crippen LogP contribution in [0.2, 0.25) is 5.02 Å². The molecule has 1 aliphatic rings. The van der Waals surface area contributed by atoms with Gasteiger partial charge in [-0.25, -0.2) is 0 Å². The normalized spacial score (nSPS) is 14.8. The largest absolute Gasteiger partial charge is 0.496 e. The first-order valence-electron chi connectivity index (χ1n) is 5.29. The Balaban J connectivity index is 2.38. The summed E-state index contributed by atoms with van der Waals surface area (Å²) in [6.45, 7) is 0. The molecule has 16 heavy (non-hydrogen) atoms. The SMILES string of the molecule is COc1ccc(Cl)cc1C(=O)C1=CCCC1. The van der Waals surface area contributed by atoms with Crippen molar-refractivity contribution in [3.05, 3.63) is 40.4 Å². The first-order chi connectivity index (χ1) is 7.72. The first kappa shape index (κ1) is 11.2. The third kappa shape index (κ3) is 2.12. The zero-order valence-electron chi connectivity index (χ0n) is 9.13. The Kier molecular flexibility index (Phi) is 3.30. The third-order valence-corrected chi connectivity index (χ3v) is 2.97. The summed E-state index contributed by atoms with van der Waals surface area (Å²) in [5.41, 5.74) is 1.43. The van der Waals surface area contributed by atoms with Gasteiger partial charge < -0.3 is 4.74 Å². The van der Waals surface area contributed by atoms with Gasteiger partial charge in [0, 0.05) is 5.02 Å². The molecular weight excluding hydrogens is 224 g/mol. The summed E-state index contributed by atoms with van der Waals surface area (Å²) in [5, 5.41) is 0.558. The molecule has 0 radical (unpaired) electrons. The van der Waals surface area contributed by atoms with E-state index in [4.69, 9.17) is 16.3 Å². The van der Waals surface area contributed by atoms with E-state index in [1.165, 1.54) is 0 Å². The lowest BCUT2D eigenvalue weighted by Gasteiger charge is -2.08. The van der Waals surface area contributed by atoms with E-state index >= 15 is 0 Å². The lowest BCUT2D eigenvalue weighted by Crippen LogP contribution is -2.04. The molecule has 0 spiro atoms. The molecule has 0 N–H and O–H groups in total. The summed E-state index contributed by atoms with van der Waals surface area (Å²) in [7, 11) is 1.56. The Morgan fingerprint density at radius 3 is 2.88 bits per heavy atom. The maximum absolute atomic E-state index is 12.2. The molecule has 2 rings (SSSR count). The number of rotatable bonds is 3. The highest BCUT2D eigenvalue weighted by atomic mass is 35.5. The van der Waals surface area contributed by atoms with Crippen LogP contribution >= 0.6 is 11.6 Å². The van der Waals surface area contributed by atoms with Crippen molar-refractivity contribution in [3.63, 3.8) is 0 Å². The van der Waals surface area contributed by atoms with Crippen LogP contribution in [0.25, 0.3) is 0 Å². The van der Waals surface area contributed by atoms with Crippen molar-refractivity contribution in [1.29, 1.82) is 0 Å². The highest BCUT2D eigenvalue weighted by Crippen LogP contribution is 2.28. The second-order valence-electron chi connectivity index (χ2n) is 3.80. The van der Waals surface area contributed by atoms with Crippen molar-refractivity contribution in [1.82, 2.24) is 0 Å². The molecular formula is C13H13ClO2. The Morgan fingerprint density at radius 1 is 1.44 bits per heavy atom. The smallest absolute Gasteiger partial charge is 0.192 e. The van der Waals surface area contributed by atoms with Crippen molar-refractivity contribution in [2.45, 2.75) is 19.3 Å². The summed E-state index contributed by atoms with van der Waals surface area (Å²) in [6, 6.07) is 5.12. The summed E-state index contributed by atoms with van der Waals surface area (Å²) in [6.07, 6.45) is 4.91. The molecule has 1 aromatic rings. The monoisotopic (exact) mass is 236 g/mol. The Bertz CT molecular complexity index is 449. The maximum atomic E-state index is 12.2. The third-order valence-electron chi connectivity index (χ3n) is 2.74. The standard InChI is InChI=1S/C13H13ClO2/c1-16-12-7-6-10(14)8-11(12)13(15)9-4-2-3-5-9/h4,6-8H,2-3,5H2,1H3. The second kappa shape index (κ2) is 4.71. The van der Waals surface area contributed by atoms with Gasteiger partial charge in [-0.15, -0.1) is 0 Å². The van der Waals surface area contributed by atoms with Gasteiger partial charge in [0.05, 0.1) is 12.7 Å². The van der Waals surface area contributed by atoms with Crippen LogP contribution in [0, 0.1) is 0 Å². The zero-order chi connectivity index (χ0) is 11.5. The quantitative estimate of drug-likeness (QED) is 0.749. The Labute approximate surface area is 99.9 Å². The molecule has 0 heterocycles. The fraction of sp³-hybridized carbons (Fsp3) is 0.308. The van der Waals surface area contributed by atoms with Crippen LogP contribution in [0.5, 0.6) is 5.75 Å². The van der Waals surface area contributed by atoms with Crippen molar-refractivity contribution in [2.75, 3.05) is 7.11 Å². The molecule has 0 aliphatic heterocycles. The minimum absolute atomic E-state index is 0.0388. The van der Waals surface area contributed by atoms with Gasteiger partial charge in [0.25, 0.3) is 0 Å². The van der Waals surface area contributed by atoms with Gasteiger partial charge in [-0.2, -0.15) is 0 Å². The van der Waals surface area contributed by atoms with Crippen molar-refractivity contribution < 1.29 is 9.53 Å². The van der Waals surface area contributed by atoms with E-state index in [-0.39, 0.29) is 5.78 Å². The highest BCUT2D eigenvalue weighted by molar-refractivity contribution is 6.31. The van der Waals surface area contributed by atoms with E-state index in [2.05, 4.69) is 0 Å². The van der Waals surface area contributed by atoms with Crippen LogP contribution in [0.4, 0.5) is 0 Å². The molecule has 0 saturated carbocycles. The number of carbonyl (C=O) groups excluding carboxylic acids is 1. The second-order valence-corrected chi connectivity index (χ2v) is 4.23. The number of halogens is 1. The number of benzene rings is 1. The van der Waals surface area contributed by atoms with Crippen LogP contribution in [-0.4, -0.2) is 12.9 Å². The van der Waals surface area contributed by atoms with Gasteiger partial charge >= 0.3 is 0 Å². The van der Waals surface area contributed by atoms with Crippen molar-refractivity contribution in [2.24, 2.45) is 0 Å². The Morgan fingerprint density at radius 2 is 2.25 bits per heavy atom. The predicted molar refractivity (Wildman–Crippen MR) is 64.3 cm³/mol. The first-order valence-corrected chi connectivity index (χ1v) is 5.67. The van der Waals surface area contributed by atoms with Crippen LogP contribution in [0.3, 0.4) is 0 Å². The van der Waals surface area contributed by atoms with Gasteiger partial charge in [-0.3, -0.25) is 4.79 Å². The van der Waals surface area contributed by atoms with E-state index < -0.39 is 0 Å². The molecule has 2 nitrogen and oxygen atoms in total. The van der Waals surface area contributed by atoms with Crippen LogP contribution in [-0.2, 0) is 0 Å². The summed E-state index contributed by atoms with van der Waals surface area (Å²) in [5.74, 6) is 0.624. The molecule has 0 aromatic heterocycles. The average molecular weight is 237 g/mol. The number of hydrogen-bond donors (Lipinski definition) is 0. The number of methoxy groups -OCH3 is 1. The van der Waals surface area contributed by atoms with Gasteiger partial charge in [-0.1, -0.05) is 17.7 Å². The van der Waals surface area contributed by atoms with Gasteiger partial charge in [0.2, 0.25) is 0 Å². The maximum Gasteiger partial charge on any atom is 0.192 e. The molecule has 0 saturated heterocycles. The number of ether oxygens (including phenoxy) is 1. The van der Waals surface area contributed by atoms with Gasteiger partial charge in [0.1, 0.15) is 5.75 Å². The number of hydrogen-bond acceptors (Lipinski definition) is 2. The van der Waals surface area contributed by atoms with Gasteiger partial charge in [-0.05, 0) is 43.0 Å². The molecule has 0 amide bonds. The van der Waals surface area contributed by atoms with Gasteiger partial charge in [0.15, 0.2) is 5.78 Å². The lowest BCUT2D eigenvalue weighted by molar-refractivity contribution is 0.102. The molecule has 0 bridgehead atoms. The van der Waals surface area contributed by atoms with E-state index in [9.17, 15) is 4.79 Å². The average Bonchev–Trinajstić information content (AvgIpc) is 2.81. The summed E-state index contributed by atoms with van der Waals surface area (Å²) >= 11 is 5.90. The summed E-state index contributed by atoms with van der Waals surface area (Å²) in [4.78, 5) is 12.2. The topological polar surface area (TPSA) is 26.3 Å². The zero-order valence-corrected chi connectivity index (χ0v) is 9.88. The number of carbonyl (C=O) groups is 1. The summed E-state index contributed by atoms with van der Waals surface area (Å²) < 4.78 is 5.17. The van der Waals surface area contributed by atoms with Crippen molar-refractivity contribution in [3.8, 4) is 5.75 Å². The molecule has 1 aromatic carbocycles. The molecule has 3 heteroatoms. The molecule has 0 atom stereocenters. The Hall–Kier alpha value is -1.28. The van der Waals surface area contributed by atoms with Crippen LogP contribution in [0.1, 0.15) is 29.6 Å². The van der Waals surface area contributed by atoms with Crippen molar-refractivity contribution >= 4 is 17.4 Å². The minimum atomic E-state index is 0.0388. The number of Topliss-reactive ketones (excluding diaryl/α,β-unsaturated/α-hetero) is 1. The number of ketones is 1.